The minimum absolute atomic E-state index is 0.0302. The van der Waals surface area contributed by atoms with E-state index < -0.39 is 11.9 Å². The van der Waals surface area contributed by atoms with Crippen LogP contribution in [0.5, 0.6) is 0 Å². The zero-order chi connectivity index (χ0) is 28.2. The Kier molecular flexibility index (Phi) is 6.20. The lowest BCUT2D eigenvalue weighted by Crippen LogP contribution is -2.38. The molecule has 0 fully saturated rings. The molecule has 0 aliphatic carbocycles. The van der Waals surface area contributed by atoms with Crippen molar-refractivity contribution in [2.24, 2.45) is 7.05 Å². The summed E-state index contributed by atoms with van der Waals surface area (Å²) in [7, 11) is 1.47. The van der Waals surface area contributed by atoms with E-state index in [9.17, 15) is 18.0 Å². The van der Waals surface area contributed by atoms with Gasteiger partial charge < -0.3 is 9.47 Å². The standard InChI is InChI=1S/C30H27F3N6O/c1-4-20-14-24-26(35-18(20)2)6-5-7-27(24)39-10-8-21-22(25-16-37(3)36-28(25)30(31,32)33)12-19(13-23(21)29(39)40)15-38-11-9-34-17-38/h5-7,9,11-14,16-17H,4,8,10,15H2,1-3H3. The van der Waals surface area contributed by atoms with E-state index in [-0.39, 0.29) is 11.5 Å². The lowest BCUT2D eigenvalue weighted by atomic mass is 9.87. The molecule has 204 valence electrons. The highest BCUT2D eigenvalue weighted by Crippen LogP contribution is 2.41. The number of fused-ring (bicyclic) bond motifs is 2. The number of carbonyl (C=O) groups is 1. The number of rotatable bonds is 5. The molecule has 5 aromatic rings. The molecule has 1 amide bonds. The van der Waals surface area contributed by atoms with Crippen LogP contribution in [0.4, 0.5) is 18.9 Å². The SMILES string of the molecule is CCc1cc2c(N3CCc4c(cc(Cn5ccnc5)cc4-c4cn(C)nc4C(F)(F)F)C3=O)cccc2nc1C. The number of anilines is 1. The fourth-order valence-electron chi connectivity index (χ4n) is 5.62. The quantitative estimate of drug-likeness (QED) is 0.273. The number of amides is 1. The number of pyridine rings is 1. The lowest BCUT2D eigenvalue weighted by Gasteiger charge is -2.31. The summed E-state index contributed by atoms with van der Waals surface area (Å²) in [5.74, 6) is -0.251. The summed E-state index contributed by atoms with van der Waals surface area (Å²) >= 11 is 0. The van der Waals surface area contributed by atoms with Crippen molar-refractivity contribution in [1.82, 2.24) is 24.3 Å². The molecule has 4 heterocycles. The van der Waals surface area contributed by atoms with E-state index in [4.69, 9.17) is 4.98 Å². The van der Waals surface area contributed by atoms with Gasteiger partial charge >= 0.3 is 6.18 Å². The van der Waals surface area contributed by atoms with Gasteiger partial charge in [-0.05, 0) is 72.4 Å². The molecule has 0 saturated heterocycles. The van der Waals surface area contributed by atoms with E-state index in [1.165, 1.54) is 17.9 Å². The van der Waals surface area contributed by atoms with Gasteiger partial charge in [-0.1, -0.05) is 13.0 Å². The molecule has 40 heavy (non-hydrogen) atoms. The molecule has 1 aliphatic rings. The average Bonchev–Trinajstić information content (AvgIpc) is 3.57. The van der Waals surface area contributed by atoms with Crippen LogP contribution < -0.4 is 4.90 Å². The third kappa shape index (κ3) is 4.43. The van der Waals surface area contributed by atoms with E-state index in [2.05, 4.69) is 23.1 Å². The first kappa shape index (κ1) is 25.8. The molecule has 0 radical (unpaired) electrons. The van der Waals surface area contributed by atoms with E-state index in [0.29, 0.717) is 41.8 Å². The molecular formula is C30H27F3N6O. The van der Waals surface area contributed by atoms with Gasteiger partial charge in [-0.2, -0.15) is 18.3 Å². The Morgan fingerprint density at radius 3 is 2.60 bits per heavy atom. The van der Waals surface area contributed by atoms with Crippen molar-refractivity contribution in [3.05, 3.63) is 95.0 Å². The first-order chi connectivity index (χ1) is 19.1. The zero-order valence-electron chi connectivity index (χ0n) is 22.3. The molecule has 1 aliphatic heterocycles. The number of aryl methyl sites for hydroxylation is 3. The number of hydrogen-bond donors (Lipinski definition) is 0. The maximum Gasteiger partial charge on any atom is 0.435 e. The Morgan fingerprint density at radius 1 is 1.07 bits per heavy atom. The van der Waals surface area contributed by atoms with Gasteiger partial charge in [-0.3, -0.25) is 14.5 Å². The van der Waals surface area contributed by atoms with Gasteiger partial charge in [0.15, 0.2) is 5.69 Å². The predicted octanol–water partition coefficient (Wildman–Crippen LogP) is 5.97. The van der Waals surface area contributed by atoms with Crippen molar-refractivity contribution < 1.29 is 18.0 Å². The summed E-state index contributed by atoms with van der Waals surface area (Å²) in [6.07, 6.45) is 2.98. The molecule has 0 saturated carbocycles. The maximum atomic E-state index is 14.2. The van der Waals surface area contributed by atoms with Crippen molar-refractivity contribution in [3.8, 4) is 11.1 Å². The molecule has 7 nitrogen and oxygen atoms in total. The first-order valence-electron chi connectivity index (χ1n) is 13.1. The molecule has 3 aromatic heterocycles. The largest absolute Gasteiger partial charge is 0.435 e. The van der Waals surface area contributed by atoms with Crippen LogP contribution in [0.25, 0.3) is 22.0 Å². The summed E-state index contributed by atoms with van der Waals surface area (Å²) in [5, 5.41) is 4.60. The number of alkyl halides is 3. The van der Waals surface area contributed by atoms with Gasteiger partial charge in [-0.15, -0.1) is 0 Å². The topological polar surface area (TPSA) is 68.8 Å². The van der Waals surface area contributed by atoms with Crippen molar-refractivity contribution in [1.29, 1.82) is 0 Å². The molecule has 10 heteroatoms. The van der Waals surface area contributed by atoms with Crippen LogP contribution in [-0.4, -0.2) is 36.8 Å². The highest BCUT2D eigenvalue weighted by atomic mass is 19.4. The smallest absolute Gasteiger partial charge is 0.333 e. The van der Waals surface area contributed by atoms with Crippen LogP contribution in [0.15, 0.2) is 61.3 Å². The number of halogens is 3. The van der Waals surface area contributed by atoms with E-state index in [1.54, 1.807) is 35.8 Å². The predicted molar refractivity (Wildman–Crippen MR) is 146 cm³/mol. The van der Waals surface area contributed by atoms with Crippen molar-refractivity contribution in [2.45, 2.75) is 39.4 Å². The number of benzene rings is 2. The van der Waals surface area contributed by atoms with E-state index >= 15 is 0 Å². The summed E-state index contributed by atoms with van der Waals surface area (Å²) < 4.78 is 45.0. The second-order valence-corrected chi connectivity index (χ2v) is 10.1. The Balaban J connectivity index is 1.52. The summed E-state index contributed by atoms with van der Waals surface area (Å²) in [4.78, 5) is 24.7. The van der Waals surface area contributed by atoms with Gasteiger partial charge in [0.25, 0.3) is 5.91 Å². The first-order valence-corrected chi connectivity index (χ1v) is 13.1. The fourth-order valence-corrected chi connectivity index (χ4v) is 5.62. The number of nitrogens with zero attached hydrogens (tertiary/aromatic N) is 6. The Labute approximate surface area is 228 Å². The summed E-state index contributed by atoms with van der Waals surface area (Å²) in [5.41, 5.74) is 4.67. The molecule has 0 unspecified atom stereocenters. The minimum atomic E-state index is -4.64. The number of carbonyl (C=O) groups excluding carboxylic acids is 1. The van der Waals surface area contributed by atoms with Gasteiger partial charge in [0.2, 0.25) is 0 Å². The zero-order valence-corrected chi connectivity index (χ0v) is 22.3. The molecule has 0 spiro atoms. The van der Waals surface area contributed by atoms with Gasteiger partial charge in [-0.25, -0.2) is 4.98 Å². The molecule has 2 aromatic carbocycles. The van der Waals surface area contributed by atoms with Gasteiger partial charge in [0.1, 0.15) is 0 Å². The molecular weight excluding hydrogens is 517 g/mol. The van der Waals surface area contributed by atoms with Crippen LogP contribution in [0.3, 0.4) is 0 Å². The van der Waals surface area contributed by atoms with Crippen molar-refractivity contribution in [2.75, 3.05) is 11.4 Å². The lowest BCUT2D eigenvalue weighted by molar-refractivity contribution is -0.140. The second kappa shape index (κ2) is 9.62. The highest BCUT2D eigenvalue weighted by molar-refractivity contribution is 6.13. The van der Waals surface area contributed by atoms with Gasteiger partial charge in [0, 0.05) is 60.9 Å². The highest BCUT2D eigenvalue weighted by Gasteiger charge is 2.39. The summed E-state index contributed by atoms with van der Waals surface area (Å²) in [6, 6.07) is 11.3. The maximum absolute atomic E-state index is 14.2. The van der Waals surface area contributed by atoms with E-state index in [1.807, 2.05) is 29.7 Å². The van der Waals surface area contributed by atoms with Crippen molar-refractivity contribution >= 4 is 22.5 Å². The Hall–Kier alpha value is -4.47. The normalized spacial score (nSPS) is 13.8. The van der Waals surface area contributed by atoms with Crippen LogP contribution in [0.1, 0.15) is 45.4 Å². The number of aromatic nitrogens is 5. The van der Waals surface area contributed by atoms with Crippen LogP contribution >= 0.6 is 0 Å². The van der Waals surface area contributed by atoms with E-state index in [0.717, 1.165) is 34.3 Å². The molecule has 6 rings (SSSR count). The van der Waals surface area contributed by atoms with Crippen LogP contribution in [0.2, 0.25) is 0 Å². The second-order valence-electron chi connectivity index (χ2n) is 10.1. The third-order valence-electron chi connectivity index (χ3n) is 7.49. The van der Waals surface area contributed by atoms with Crippen molar-refractivity contribution in [3.63, 3.8) is 0 Å². The molecule has 0 N–H and O–H groups in total. The minimum Gasteiger partial charge on any atom is -0.333 e. The van der Waals surface area contributed by atoms with Crippen LogP contribution in [-0.2, 0) is 32.6 Å². The third-order valence-corrected chi connectivity index (χ3v) is 7.49. The molecule has 0 bridgehead atoms. The Morgan fingerprint density at radius 2 is 1.88 bits per heavy atom. The summed E-state index contributed by atoms with van der Waals surface area (Å²) in [6.45, 7) is 4.73. The average molecular weight is 545 g/mol. The fraction of sp³-hybridized carbons (Fsp3) is 0.267. The number of imidazole rings is 1. The number of hydrogen-bond acceptors (Lipinski definition) is 4. The van der Waals surface area contributed by atoms with Gasteiger partial charge in [0.05, 0.1) is 17.5 Å². The Bertz CT molecular complexity index is 1750. The van der Waals surface area contributed by atoms with Crippen LogP contribution in [0, 0.1) is 6.92 Å². The monoisotopic (exact) mass is 544 g/mol. The molecule has 0 atom stereocenters.